The van der Waals surface area contributed by atoms with Crippen LogP contribution in [-0.4, -0.2) is 47.3 Å². The van der Waals surface area contributed by atoms with E-state index in [1.165, 1.54) is 0 Å². The minimum Gasteiger partial charge on any atom is -0.465 e. The number of hydrogen-bond acceptors (Lipinski definition) is 6. The van der Waals surface area contributed by atoms with Gasteiger partial charge in [0.25, 0.3) is 0 Å². The van der Waals surface area contributed by atoms with Gasteiger partial charge in [-0.2, -0.15) is 0 Å². The fraction of sp³-hybridized carbons (Fsp3) is 0.920. The average Bonchev–Trinajstić information content (AvgIpc) is 2.97. The fourth-order valence-corrected chi connectivity index (χ4v) is 5.59. The Balaban J connectivity index is 1.53. The minimum atomic E-state index is -0.225. The van der Waals surface area contributed by atoms with Crippen LogP contribution in [0.25, 0.3) is 0 Å². The third-order valence-electron chi connectivity index (χ3n) is 6.84. The Labute approximate surface area is 189 Å². The van der Waals surface area contributed by atoms with E-state index >= 15 is 0 Å². The highest BCUT2D eigenvalue weighted by Crippen LogP contribution is 2.37. The largest absolute Gasteiger partial charge is 0.465 e. The second kappa shape index (κ2) is 9.78. The Morgan fingerprint density at radius 1 is 0.645 bits per heavy atom. The number of esters is 2. The van der Waals surface area contributed by atoms with Gasteiger partial charge in [0.1, 0.15) is 0 Å². The van der Waals surface area contributed by atoms with Crippen LogP contribution in [0.3, 0.4) is 0 Å². The maximum atomic E-state index is 12.5. The predicted molar refractivity (Wildman–Crippen MR) is 124 cm³/mol. The summed E-state index contributed by atoms with van der Waals surface area (Å²) in [5.41, 5.74) is -0.511. The first-order valence-corrected chi connectivity index (χ1v) is 12.1. The molecule has 2 N–H and O–H groups in total. The molecule has 2 unspecified atom stereocenters. The maximum Gasteiger partial charge on any atom is 0.310 e. The number of carbonyl (C=O) groups is 2. The van der Waals surface area contributed by atoms with Crippen molar-refractivity contribution in [3.63, 3.8) is 0 Å². The van der Waals surface area contributed by atoms with Crippen LogP contribution in [-0.2, 0) is 19.1 Å². The molecule has 0 aromatic carbocycles. The summed E-state index contributed by atoms with van der Waals surface area (Å²) in [5.74, 6) is -0.351. The molecule has 2 heterocycles. The summed E-state index contributed by atoms with van der Waals surface area (Å²) < 4.78 is 11.1. The summed E-state index contributed by atoms with van der Waals surface area (Å²) >= 11 is 0. The zero-order valence-electron chi connectivity index (χ0n) is 21.2. The van der Waals surface area contributed by atoms with E-state index in [1.54, 1.807) is 0 Å². The smallest absolute Gasteiger partial charge is 0.310 e. The molecule has 0 spiro atoms. The number of nitrogens with one attached hydrogen (secondary N) is 2. The number of ether oxygens (including phenoxy) is 2. The molecule has 31 heavy (non-hydrogen) atoms. The zero-order valence-corrected chi connectivity index (χ0v) is 21.2. The van der Waals surface area contributed by atoms with Gasteiger partial charge in [-0.1, -0.05) is 19.3 Å². The maximum absolute atomic E-state index is 12.5. The van der Waals surface area contributed by atoms with E-state index in [0.717, 1.165) is 44.9 Å². The van der Waals surface area contributed by atoms with Gasteiger partial charge < -0.3 is 20.1 Å². The second-order valence-electron chi connectivity index (χ2n) is 12.1. The summed E-state index contributed by atoms with van der Waals surface area (Å²) in [4.78, 5) is 24.9. The van der Waals surface area contributed by atoms with Gasteiger partial charge in [0.05, 0.1) is 25.0 Å². The van der Waals surface area contributed by atoms with Crippen molar-refractivity contribution in [1.82, 2.24) is 10.6 Å². The first-order valence-electron chi connectivity index (χ1n) is 12.1. The first kappa shape index (κ1) is 26.1. The molecule has 2 rings (SSSR count). The summed E-state index contributed by atoms with van der Waals surface area (Å²) in [6.07, 6.45) is 6.48. The number of carbonyl (C=O) groups excluding carboxylic acids is 2. The number of rotatable bonds is 10. The van der Waals surface area contributed by atoms with E-state index in [1.807, 2.05) is 0 Å². The van der Waals surface area contributed by atoms with E-state index in [-0.39, 0.29) is 45.9 Å². The van der Waals surface area contributed by atoms with E-state index in [9.17, 15) is 9.59 Å². The van der Waals surface area contributed by atoms with Crippen molar-refractivity contribution in [3.8, 4) is 0 Å². The molecule has 2 fully saturated rings. The molecule has 0 aromatic heterocycles. The third-order valence-corrected chi connectivity index (χ3v) is 6.84. The zero-order chi connectivity index (χ0) is 23.5. The van der Waals surface area contributed by atoms with Crippen LogP contribution in [0, 0.1) is 11.8 Å². The molecule has 6 nitrogen and oxygen atoms in total. The van der Waals surface area contributed by atoms with Gasteiger partial charge >= 0.3 is 11.9 Å². The fourth-order valence-electron chi connectivity index (χ4n) is 5.59. The van der Waals surface area contributed by atoms with Gasteiger partial charge in [0, 0.05) is 22.2 Å². The Kier molecular flexibility index (Phi) is 8.24. The van der Waals surface area contributed by atoms with Crippen molar-refractivity contribution < 1.29 is 19.1 Å². The lowest BCUT2D eigenvalue weighted by Crippen LogP contribution is -2.46. The standard InChI is InChI=1S/C25H46N2O4/c1-22(2)16-18(24(5,6)26-22)20(28)30-14-12-10-9-11-13-15-31-21(29)19-17-23(3,4)27-25(19,7)8/h18-19,26-27H,9-17H2,1-8H3. The normalized spacial score (nSPS) is 27.7. The minimum absolute atomic E-state index is 0.0309. The molecule has 2 atom stereocenters. The molecular weight excluding hydrogens is 392 g/mol. The topological polar surface area (TPSA) is 76.7 Å². The molecule has 0 aliphatic carbocycles. The summed E-state index contributed by atoms with van der Waals surface area (Å²) in [6.45, 7) is 17.8. The van der Waals surface area contributed by atoms with E-state index in [4.69, 9.17) is 9.47 Å². The summed E-state index contributed by atoms with van der Waals surface area (Å²) in [5, 5.41) is 7.05. The molecule has 2 aliphatic heterocycles. The van der Waals surface area contributed by atoms with E-state index < -0.39 is 0 Å². The lowest BCUT2D eigenvalue weighted by molar-refractivity contribution is -0.151. The van der Waals surface area contributed by atoms with E-state index in [2.05, 4.69) is 66.0 Å². The molecule has 0 amide bonds. The SMILES string of the molecule is CC1(C)CC(C(=O)OCCCCCCCOC(=O)C2CC(C)(C)NC2(C)C)C(C)(C)N1. The summed E-state index contributed by atoms with van der Waals surface area (Å²) in [6, 6.07) is 0. The monoisotopic (exact) mass is 438 g/mol. The van der Waals surface area contributed by atoms with Crippen molar-refractivity contribution in [3.05, 3.63) is 0 Å². The predicted octanol–water partition coefficient (Wildman–Crippen LogP) is 4.36. The first-order chi connectivity index (χ1) is 14.2. The van der Waals surface area contributed by atoms with Crippen LogP contribution in [0.2, 0.25) is 0 Å². The molecule has 0 bridgehead atoms. The highest BCUT2D eigenvalue weighted by Gasteiger charge is 2.49. The van der Waals surface area contributed by atoms with E-state index in [0.29, 0.717) is 13.2 Å². The lowest BCUT2D eigenvalue weighted by atomic mass is 9.87. The van der Waals surface area contributed by atoms with Crippen LogP contribution in [0.1, 0.15) is 100 Å². The van der Waals surface area contributed by atoms with Gasteiger partial charge in [-0.05, 0) is 81.1 Å². The molecule has 2 saturated heterocycles. The van der Waals surface area contributed by atoms with Crippen LogP contribution >= 0.6 is 0 Å². The van der Waals surface area contributed by atoms with Gasteiger partial charge in [0.2, 0.25) is 0 Å². The van der Waals surface area contributed by atoms with Crippen molar-refractivity contribution in [2.75, 3.05) is 13.2 Å². The van der Waals surface area contributed by atoms with Crippen LogP contribution in [0.4, 0.5) is 0 Å². The van der Waals surface area contributed by atoms with Crippen molar-refractivity contribution in [2.45, 2.75) is 122 Å². The lowest BCUT2D eigenvalue weighted by Gasteiger charge is -2.27. The van der Waals surface area contributed by atoms with Crippen LogP contribution < -0.4 is 10.6 Å². The highest BCUT2D eigenvalue weighted by atomic mass is 16.5. The van der Waals surface area contributed by atoms with Gasteiger partial charge in [-0.15, -0.1) is 0 Å². The van der Waals surface area contributed by atoms with Crippen molar-refractivity contribution in [2.24, 2.45) is 11.8 Å². The molecule has 6 heteroatoms. The van der Waals surface area contributed by atoms with Gasteiger partial charge in [-0.25, -0.2) is 0 Å². The third kappa shape index (κ3) is 7.45. The molecule has 180 valence electrons. The van der Waals surface area contributed by atoms with Crippen molar-refractivity contribution in [1.29, 1.82) is 0 Å². The second-order valence-corrected chi connectivity index (χ2v) is 12.1. The molecule has 0 aromatic rings. The molecular formula is C25H46N2O4. The Morgan fingerprint density at radius 2 is 0.968 bits per heavy atom. The Morgan fingerprint density at radius 3 is 1.26 bits per heavy atom. The van der Waals surface area contributed by atoms with Gasteiger partial charge in [0.15, 0.2) is 0 Å². The van der Waals surface area contributed by atoms with Crippen LogP contribution in [0.5, 0.6) is 0 Å². The van der Waals surface area contributed by atoms with Crippen LogP contribution in [0.15, 0.2) is 0 Å². The quantitative estimate of drug-likeness (QED) is 0.390. The van der Waals surface area contributed by atoms with Gasteiger partial charge in [-0.3, -0.25) is 9.59 Å². The number of hydrogen-bond donors (Lipinski definition) is 2. The Hall–Kier alpha value is -1.14. The molecule has 0 radical (unpaired) electrons. The molecule has 2 aliphatic rings. The Bertz CT molecular complexity index is 585. The number of unbranched alkanes of at least 4 members (excludes halogenated alkanes) is 4. The van der Waals surface area contributed by atoms with Crippen molar-refractivity contribution >= 4 is 11.9 Å². The highest BCUT2D eigenvalue weighted by molar-refractivity contribution is 5.75. The average molecular weight is 439 g/mol. The molecule has 0 saturated carbocycles. The summed E-state index contributed by atoms with van der Waals surface area (Å²) in [7, 11) is 0.